The van der Waals surface area contributed by atoms with Crippen molar-refractivity contribution in [2.75, 3.05) is 0 Å². The number of allylic oxidation sites excluding steroid dienone is 10. The largest absolute Gasteiger partial charge is 0.0844 e. The minimum absolute atomic E-state index is 1.00. The third-order valence-corrected chi connectivity index (χ3v) is 1.86. The van der Waals surface area contributed by atoms with E-state index in [0.717, 1.165) is 19.3 Å². The fraction of sp³-hybridized carbons (Fsp3) is 0.214. The van der Waals surface area contributed by atoms with E-state index in [1.54, 1.807) is 0 Å². The lowest BCUT2D eigenvalue weighted by Gasteiger charge is -1.86. The highest BCUT2D eigenvalue weighted by Gasteiger charge is 1.76. The molecule has 1 aliphatic rings. The Bertz CT molecular complexity index is 234. The summed E-state index contributed by atoms with van der Waals surface area (Å²) in [4.78, 5) is 0. The van der Waals surface area contributed by atoms with E-state index in [1.807, 2.05) is 0 Å². The van der Waals surface area contributed by atoms with Gasteiger partial charge in [0.1, 0.15) is 0 Å². The Morgan fingerprint density at radius 3 is 1.43 bits per heavy atom. The van der Waals surface area contributed by atoms with Crippen LogP contribution in [0.1, 0.15) is 19.3 Å². The van der Waals surface area contributed by atoms with Crippen LogP contribution in [0.15, 0.2) is 60.8 Å². The van der Waals surface area contributed by atoms with Crippen LogP contribution in [0.4, 0.5) is 0 Å². The average Bonchev–Trinajstić information content (AvgIpc) is 2.22. The lowest BCUT2D eigenvalue weighted by Crippen LogP contribution is -1.65. The molecule has 0 aromatic rings. The minimum atomic E-state index is 1.00. The number of hydrogen-bond acceptors (Lipinski definition) is 0. The van der Waals surface area contributed by atoms with Crippen molar-refractivity contribution in [2.24, 2.45) is 0 Å². The molecule has 0 N–H and O–H groups in total. The molecule has 0 saturated heterocycles. The molecule has 73 valence electrons. The highest BCUT2D eigenvalue weighted by Crippen LogP contribution is 1.96. The maximum absolute atomic E-state index is 2.19. The molecule has 0 fully saturated rings. The SMILES string of the molecule is [CH]1/C=C/C/C=C\C/C=C\C=C\C/C=C/1. The van der Waals surface area contributed by atoms with Gasteiger partial charge in [-0.25, -0.2) is 0 Å². The number of rotatable bonds is 0. The molecular weight excluding hydrogens is 168 g/mol. The van der Waals surface area contributed by atoms with Crippen molar-refractivity contribution >= 4 is 0 Å². The van der Waals surface area contributed by atoms with Gasteiger partial charge in [-0.15, -0.1) is 0 Å². The van der Waals surface area contributed by atoms with E-state index in [0.29, 0.717) is 0 Å². The molecule has 0 bridgehead atoms. The lowest BCUT2D eigenvalue weighted by molar-refractivity contribution is 1.30. The second-order valence-electron chi connectivity index (χ2n) is 3.08. The smallest absolute Gasteiger partial charge is 0.00443 e. The van der Waals surface area contributed by atoms with Crippen molar-refractivity contribution in [1.29, 1.82) is 0 Å². The highest BCUT2D eigenvalue weighted by atomic mass is 13.8. The Balaban J connectivity index is 2.45. The van der Waals surface area contributed by atoms with Crippen LogP contribution in [0, 0.1) is 6.42 Å². The first-order valence-electron chi connectivity index (χ1n) is 5.12. The van der Waals surface area contributed by atoms with Gasteiger partial charge in [-0.3, -0.25) is 0 Å². The Hall–Kier alpha value is -1.30. The third kappa shape index (κ3) is 6.24. The second-order valence-corrected chi connectivity index (χ2v) is 3.08. The molecule has 0 saturated carbocycles. The van der Waals surface area contributed by atoms with Crippen LogP contribution in [0.2, 0.25) is 0 Å². The van der Waals surface area contributed by atoms with Crippen molar-refractivity contribution in [3.05, 3.63) is 67.2 Å². The van der Waals surface area contributed by atoms with Gasteiger partial charge >= 0.3 is 0 Å². The minimum Gasteiger partial charge on any atom is -0.0844 e. The van der Waals surface area contributed by atoms with Crippen molar-refractivity contribution in [1.82, 2.24) is 0 Å². The van der Waals surface area contributed by atoms with Gasteiger partial charge in [0.2, 0.25) is 0 Å². The Kier molecular flexibility index (Phi) is 6.39. The molecule has 0 aliphatic heterocycles. The molecule has 14 heavy (non-hydrogen) atoms. The molecular formula is C14H17. The van der Waals surface area contributed by atoms with Crippen LogP contribution in [-0.4, -0.2) is 0 Å². The molecule has 0 aromatic heterocycles. The second kappa shape index (κ2) is 8.31. The monoisotopic (exact) mass is 185 g/mol. The molecule has 0 spiro atoms. The summed E-state index contributed by atoms with van der Waals surface area (Å²) in [5.74, 6) is 0. The van der Waals surface area contributed by atoms with Gasteiger partial charge in [-0.1, -0.05) is 60.8 Å². The van der Waals surface area contributed by atoms with Gasteiger partial charge in [0, 0.05) is 6.42 Å². The highest BCUT2D eigenvalue weighted by molar-refractivity contribution is 5.13. The maximum atomic E-state index is 2.19. The summed E-state index contributed by atoms with van der Waals surface area (Å²) in [7, 11) is 0. The van der Waals surface area contributed by atoms with Crippen molar-refractivity contribution in [2.45, 2.75) is 19.3 Å². The molecule has 0 atom stereocenters. The first kappa shape index (κ1) is 10.8. The summed E-state index contributed by atoms with van der Waals surface area (Å²) >= 11 is 0. The van der Waals surface area contributed by atoms with E-state index in [2.05, 4.69) is 67.2 Å². The third-order valence-electron chi connectivity index (χ3n) is 1.86. The average molecular weight is 185 g/mol. The Labute approximate surface area is 87.0 Å². The fourth-order valence-electron chi connectivity index (χ4n) is 1.12. The normalized spacial score (nSPS) is 29.7. The molecule has 0 aromatic carbocycles. The van der Waals surface area contributed by atoms with Gasteiger partial charge in [0.05, 0.1) is 0 Å². The van der Waals surface area contributed by atoms with E-state index in [-0.39, 0.29) is 0 Å². The molecule has 0 amide bonds. The van der Waals surface area contributed by atoms with E-state index < -0.39 is 0 Å². The first-order chi connectivity index (χ1) is 7.00. The molecule has 0 nitrogen and oxygen atoms in total. The predicted molar refractivity (Wildman–Crippen MR) is 63.9 cm³/mol. The zero-order chi connectivity index (χ0) is 9.90. The number of hydrogen-bond donors (Lipinski definition) is 0. The predicted octanol–water partition coefficient (Wildman–Crippen LogP) is 4.16. The Morgan fingerprint density at radius 1 is 0.429 bits per heavy atom. The van der Waals surface area contributed by atoms with E-state index in [4.69, 9.17) is 0 Å². The maximum Gasteiger partial charge on any atom is 0.00443 e. The van der Waals surface area contributed by atoms with Crippen LogP contribution in [0.5, 0.6) is 0 Å². The van der Waals surface area contributed by atoms with E-state index in [1.165, 1.54) is 0 Å². The molecule has 1 rings (SSSR count). The lowest BCUT2D eigenvalue weighted by atomic mass is 10.2. The van der Waals surface area contributed by atoms with Crippen LogP contribution in [-0.2, 0) is 0 Å². The van der Waals surface area contributed by atoms with Gasteiger partial charge < -0.3 is 0 Å². The van der Waals surface area contributed by atoms with E-state index >= 15 is 0 Å². The Morgan fingerprint density at radius 2 is 0.857 bits per heavy atom. The quantitative estimate of drug-likeness (QED) is 0.497. The van der Waals surface area contributed by atoms with Gasteiger partial charge in [-0.2, -0.15) is 0 Å². The van der Waals surface area contributed by atoms with Crippen LogP contribution < -0.4 is 0 Å². The zero-order valence-electron chi connectivity index (χ0n) is 8.47. The summed E-state index contributed by atoms with van der Waals surface area (Å²) in [6.45, 7) is 0. The van der Waals surface area contributed by atoms with Crippen LogP contribution in [0.25, 0.3) is 0 Å². The topological polar surface area (TPSA) is 0 Å². The standard InChI is InChI=1S/C14H17/c1-2-4-6-8-10-12-14-13-11-9-7-5-3-1/h1-5,8-12,14H,6-7,13H2/b4-2+,5-3+,10-8+,11-9-,14-12-. The van der Waals surface area contributed by atoms with Crippen molar-refractivity contribution in [3.63, 3.8) is 0 Å². The van der Waals surface area contributed by atoms with Gasteiger partial charge in [0.15, 0.2) is 0 Å². The van der Waals surface area contributed by atoms with Gasteiger partial charge in [0.25, 0.3) is 0 Å². The van der Waals surface area contributed by atoms with Gasteiger partial charge in [-0.05, 0) is 19.3 Å². The summed E-state index contributed by atoms with van der Waals surface area (Å²) in [6.07, 6.45) is 26.5. The molecule has 0 unspecified atom stereocenters. The summed E-state index contributed by atoms with van der Waals surface area (Å²) < 4.78 is 0. The van der Waals surface area contributed by atoms with Crippen LogP contribution in [0.3, 0.4) is 0 Å². The summed E-state index contributed by atoms with van der Waals surface area (Å²) in [6, 6.07) is 0. The molecule has 0 heterocycles. The summed E-state index contributed by atoms with van der Waals surface area (Å²) in [5, 5.41) is 0. The van der Waals surface area contributed by atoms with Crippen molar-refractivity contribution in [3.8, 4) is 0 Å². The molecule has 1 radical (unpaired) electrons. The molecule has 0 heteroatoms. The van der Waals surface area contributed by atoms with E-state index in [9.17, 15) is 0 Å². The zero-order valence-corrected chi connectivity index (χ0v) is 8.47. The fourth-order valence-corrected chi connectivity index (χ4v) is 1.12. The van der Waals surface area contributed by atoms with Crippen LogP contribution >= 0.6 is 0 Å². The first-order valence-corrected chi connectivity index (χ1v) is 5.12. The summed E-state index contributed by atoms with van der Waals surface area (Å²) in [5.41, 5.74) is 0. The van der Waals surface area contributed by atoms with Crippen molar-refractivity contribution < 1.29 is 0 Å². The molecule has 1 aliphatic carbocycles.